The maximum atomic E-state index is 12.2. The topological polar surface area (TPSA) is 111 Å². The summed E-state index contributed by atoms with van der Waals surface area (Å²) in [5, 5.41) is 9.22. The van der Waals surface area contributed by atoms with Crippen LogP contribution in [0.25, 0.3) is 10.6 Å². The second-order valence-electron chi connectivity index (χ2n) is 5.90. The van der Waals surface area contributed by atoms with Crippen molar-refractivity contribution in [1.29, 1.82) is 0 Å². The number of rotatable bonds is 7. The van der Waals surface area contributed by atoms with Gasteiger partial charge in [0.05, 0.1) is 12.1 Å². The van der Waals surface area contributed by atoms with Crippen LogP contribution in [0.15, 0.2) is 46.5 Å². The predicted octanol–water partition coefficient (Wildman–Crippen LogP) is 3.08. The first kappa shape index (κ1) is 19.7. The third-order valence-corrected chi connectivity index (χ3v) is 5.38. The van der Waals surface area contributed by atoms with E-state index in [2.05, 4.69) is 10.3 Å². The highest BCUT2D eigenvalue weighted by Gasteiger charge is 2.19. The van der Waals surface area contributed by atoms with Crippen molar-refractivity contribution in [3.05, 3.63) is 57.7 Å². The molecule has 2 amide bonds. The molecule has 0 saturated heterocycles. The van der Waals surface area contributed by atoms with Crippen LogP contribution in [0, 0.1) is 0 Å². The number of carbonyl (C=O) groups excluding carboxylic acids is 3. The summed E-state index contributed by atoms with van der Waals surface area (Å²) >= 11 is 3.03. The Morgan fingerprint density at radius 1 is 1.18 bits per heavy atom. The quantitative estimate of drug-likeness (QED) is 0.576. The van der Waals surface area contributed by atoms with Crippen LogP contribution in [-0.2, 0) is 20.7 Å². The number of nitrogens with one attached hydrogen (secondary N) is 1. The Morgan fingerprint density at radius 2 is 1.93 bits per heavy atom. The lowest BCUT2D eigenvalue weighted by Crippen LogP contribution is -2.30. The normalized spacial score (nSPS) is 11.6. The number of nitrogens with zero attached hydrogens (tertiary/aromatic N) is 1. The van der Waals surface area contributed by atoms with Crippen LogP contribution in [-0.4, -0.2) is 28.9 Å². The number of nitrogens with two attached hydrogens (primary N) is 1. The molecule has 7 nitrogen and oxygen atoms in total. The van der Waals surface area contributed by atoms with Crippen LogP contribution < -0.4 is 11.1 Å². The molecule has 0 aliphatic carbocycles. The maximum Gasteiger partial charge on any atom is 0.312 e. The van der Waals surface area contributed by atoms with Crippen molar-refractivity contribution < 1.29 is 19.1 Å². The zero-order chi connectivity index (χ0) is 20.1. The van der Waals surface area contributed by atoms with E-state index in [0.29, 0.717) is 16.9 Å². The first-order valence-electron chi connectivity index (χ1n) is 8.29. The van der Waals surface area contributed by atoms with E-state index in [1.807, 2.05) is 16.8 Å². The highest BCUT2D eigenvalue weighted by Crippen LogP contribution is 2.25. The zero-order valence-corrected chi connectivity index (χ0v) is 16.5. The molecule has 0 aliphatic rings. The summed E-state index contributed by atoms with van der Waals surface area (Å²) in [6.45, 7) is 1.49. The summed E-state index contributed by atoms with van der Waals surface area (Å²) in [6.07, 6.45) is -0.982. The van der Waals surface area contributed by atoms with Gasteiger partial charge in [0.1, 0.15) is 5.01 Å². The average Bonchev–Trinajstić information content (AvgIpc) is 3.33. The minimum atomic E-state index is -0.974. The molecule has 0 radical (unpaired) electrons. The van der Waals surface area contributed by atoms with Gasteiger partial charge in [0.15, 0.2) is 6.10 Å². The fraction of sp³-hybridized carbons (Fsp3) is 0.158. The van der Waals surface area contributed by atoms with Gasteiger partial charge in [-0.2, -0.15) is 11.3 Å². The molecule has 2 aromatic heterocycles. The van der Waals surface area contributed by atoms with Gasteiger partial charge in [-0.25, -0.2) is 4.98 Å². The number of benzene rings is 1. The van der Waals surface area contributed by atoms with Gasteiger partial charge >= 0.3 is 5.97 Å². The van der Waals surface area contributed by atoms with E-state index in [1.54, 1.807) is 28.8 Å². The first-order chi connectivity index (χ1) is 13.4. The highest BCUT2D eigenvalue weighted by atomic mass is 32.1. The summed E-state index contributed by atoms with van der Waals surface area (Å²) in [5.74, 6) is -1.56. The molecule has 3 N–H and O–H groups in total. The Labute approximate surface area is 169 Å². The molecule has 3 rings (SSSR count). The predicted molar refractivity (Wildman–Crippen MR) is 108 cm³/mol. The Morgan fingerprint density at radius 3 is 2.57 bits per heavy atom. The lowest BCUT2D eigenvalue weighted by atomic mass is 10.2. The molecule has 0 spiro atoms. The van der Waals surface area contributed by atoms with Crippen LogP contribution in [0.1, 0.15) is 23.0 Å². The summed E-state index contributed by atoms with van der Waals surface area (Å²) < 4.78 is 5.19. The minimum Gasteiger partial charge on any atom is -0.452 e. The third-order valence-electron chi connectivity index (χ3n) is 3.76. The first-order valence-corrected chi connectivity index (χ1v) is 10.1. The van der Waals surface area contributed by atoms with Gasteiger partial charge < -0.3 is 15.8 Å². The molecule has 1 aromatic carbocycles. The summed E-state index contributed by atoms with van der Waals surface area (Å²) in [6, 6.07) is 8.07. The molecule has 2 heterocycles. The lowest BCUT2D eigenvalue weighted by molar-refractivity contribution is -0.152. The number of esters is 1. The number of hydrogen-bond donors (Lipinski definition) is 2. The zero-order valence-electron chi connectivity index (χ0n) is 14.9. The number of hydrogen-bond acceptors (Lipinski definition) is 7. The van der Waals surface area contributed by atoms with E-state index < -0.39 is 23.9 Å². The van der Waals surface area contributed by atoms with Gasteiger partial charge in [-0.3, -0.25) is 14.4 Å². The maximum absolute atomic E-state index is 12.2. The van der Waals surface area contributed by atoms with Crippen molar-refractivity contribution in [2.75, 3.05) is 5.32 Å². The molecule has 3 aromatic rings. The molecule has 9 heteroatoms. The Bertz CT molecular complexity index is 981. The Kier molecular flexibility index (Phi) is 6.17. The van der Waals surface area contributed by atoms with Crippen LogP contribution in [0.2, 0.25) is 0 Å². The van der Waals surface area contributed by atoms with Gasteiger partial charge in [-0.15, -0.1) is 11.3 Å². The van der Waals surface area contributed by atoms with Gasteiger partial charge in [0.25, 0.3) is 5.91 Å². The molecule has 0 fully saturated rings. The monoisotopic (exact) mass is 415 g/mol. The lowest BCUT2D eigenvalue weighted by Gasteiger charge is -2.13. The van der Waals surface area contributed by atoms with Crippen molar-refractivity contribution in [1.82, 2.24) is 4.98 Å². The molecular formula is C19H17N3O4S2. The number of thiophene rings is 1. The average molecular weight is 415 g/mol. The summed E-state index contributed by atoms with van der Waals surface area (Å²) in [5.41, 5.74) is 7.60. The van der Waals surface area contributed by atoms with E-state index in [9.17, 15) is 14.4 Å². The molecule has 144 valence electrons. The second kappa shape index (κ2) is 8.77. The number of amides is 2. The number of aromatic nitrogens is 1. The van der Waals surface area contributed by atoms with Crippen molar-refractivity contribution in [2.24, 2.45) is 5.73 Å². The Hall–Kier alpha value is -3.04. The summed E-state index contributed by atoms with van der Waals surface area (Å²) in [4.78, 5) is 39.8. The van der Waals surface area contributed by atoms with E-state index in [1.165, 1.54) is 30.4 Å². The van der Waals surface area contributed by atoms with Crippen molar-refractivity contribution in [3.8, 4) is 10.6 Å². The number of anilines is 1. The fourth-order valence-corrected chi connectivity index (χ4v) is 3.84. The van der Waals surface area contributed by atoms with Gasteiger partial charge in [0.2, 0.25) is 5.91 Å². The number of primary amides is 1. The number of thiazole rings is 1. The molecule has 0 saturated carbocycles. The SMILES string of the molecule is C[C@H](OC(=O)Cc1csc(-c2ccsc2)n1)C(=O)Nc1ccc(C(N)=O)cc1. The standard InChI is InChI=1S/C19H17N3O4S2/c1-11(18(25)21-14-4-2-12(3-5-14)17(20)24)26-16(23)8-15-10-28-19(22-15)13-6-7-27-9-13/h2-7,9-11H,8H2,1H3,(H2,20,24)(H,21,25)/t11-/m0/s1. The van der Waals surface area contributed by atoms with Crippen molar-refractivity contribution in [3.63, 3.8) is 0 Å². The van der Waals surface area contributed by atoms with Crippen molar-refractivity contribution in [2.45, 2.75) is 19.4 Å². The molecule has 0 aliphatic heterocycles. The van der Waals surface area contributed by atoms with Crippen LogP contribution in [0.3, 0.4) is 0 Å². The summed E-state index contributed by atoms with van der Waals surface area (Å²) in [7, 11) is 0. The van der Waals surface area contributed by atoms with Crippen molar-refractivity contribution >= 4 is 46.1 Å². The molecule has 0 bridgehead atoms. The Balaban J connectivity index is 1.52. The molecule has 0 unspecified atom stereocenters. The van der Waals surface area contributed by atoms with Crippen LogP contribution in [0.5, 0.6) is 0 Å². The van der Waals surface area contributed by atoms with Gasteiger partial charge in [-0.05, 0) is 42.6 Å². The third kappa shape index (κ3) is 5.02. The minimum absolute atomic E-state index is 0.00837. The van der Waals surface area contributed by atoms with E-state index in [4.69, 9.17) is 10.5 Å². The molecule has 28 heavy (non-hydrogen) atoms. The van der Waals surface area contributed by atoms with E-state index in [-0.39, 0.29) is 6.42 Å². The number of ether oxygens (including phenoxy) is 1. The van der Waals surface area contributed by atoms with Gasteiger partial charge in [0, 0.05) is 27.6 Å². The van der Waals surface area contributed by atoms with Crippen LogP contribution in [0.4, 0.5) is 5.69 Å². The van der Waals surface area contributed by atoms with Gasteiger partial charge in [-0.1, -0.05) is 0 Å². The fourth-order valence-electron chi connectivity index (χ4n) is 2.31. The largest absolute Gasteiger partial charge is 0.452 e. The highest BCUT2D eigenvalue weighted by molar-refractivity contribution is 7.14. The number of carbonyl (C=O) groups is 3. The van der Waals surface area contributed by atoms with E-state index in [0.717, 1.165) is 10.6 Å². The second-order valence-corrected chi connectivity index (χ2v) is 7.53. The van der Waals surface area contributed by atoms with E-state index >= 15 is 0 Å². The molecular weight excluding hydrogens is 398 g/mol. The molecule has 1 atom stereocenters. The van der Waals surface area contributed by atoms with Crippen LogP contribution >= 0.6 is 22.7 Å². The smallest absolute Gasteiger partial charge is 0.312 e.